The molecule has 0 aliphatic rings. The molecule has 0 atom stereocenters. The van der Waals surface area contributed by atoms with E-state index in [1.54, 1.807) is 11.3 Å². The van der Waals surface area contributed by atoms with Crippen molar-refractivity contribution in [2.45, 2.75) is 32.9 Å². The van der Waals surface area contributed by atoms with Crippen molar-refractivity contribution < 1.29 is 0 Å². The summed E-state index contributed by atoms with van der Waals surface area (Å²) in [7, 11) is 4.14. The molecule has 0 unspecified atom stereocenters. The van der Waals surface area contributed by atoms with Crippen LogP contribution in [0.5, 0.6) is 0 Å². The molecular formula is C11H21N3S. The molecule has 86 valence electrons. The molecule has 0 spiro atoms. The highest BCUT2D eigenvalue weighted by molar-refractivity contribution is 7.09. The van der Waals surface area contributed by atoms with Gasteiger partial charge in [-0.25, -0.2) is 4.98 Å². The molecule has 0 aliphatic carbocycles. The maximum absolute atomic E-state index is 4.58. The molecule has 0 radical (unpaired) electrons. The SMILES string of the molecule is CC(C)NCCc1csc(CN(C)C)n1. The van der Waals surface area contributed by atoms with Crippen molar-refractivity contribution in [1.82, 2.24) is 15.2 Å². The fourth-order valence-corrected chi connectivity index (χ4v) is 2.24. The Morgan fingerprint density at radius 1 is 1.47 bits per heavy atom. The minimum atomic E-state index is 0.560. The Hall–Kier alpha value is -0.450. The lowest BCUT2D eigenvalue weighted by molar-refractivity contribution is 0.401. The van der Waals surface area contributed by atoms with Crippen molar-refractivity contribution in [3.63, 3.8) is 0 Å². The second-order valence-corrected chi connectivity index (χ2v) is 5.27. The van der Waals surface area contributed by atoms with E-state index < -0.39 is 0 Å². The summed E-state index contributed by atoms with van der Waals surface area (Å²) < 4.78 is 0. The van der Waals surface area contributed by atoms with Crippen LogP contribution in [0.15, 0.2) is 5.38 Å². The second-order valence-electron chi connectivity index (χ2n) is 4.33. The van der Waals surface area contributed by atoms with Gasteiger partial charge in [-0.05, 0) is 14.1 Å². The average molecular weight is 227 g/mol. The van der Waals surface area contributed by atoms with Gasteiger partial charge in [-0.15, -0.1) is 11.3 Å². The number of nitrogens with one attached hydrogen (secondary N) is 1. The van der Waals surface area contributed by atoms with Crippen molar-refractivity contribution in [2.75, 3.05) is 20.6 Å². The van der Waals surface area contributed by atoms with Crippen LogP contribution < -0.4 is 5.32 Å². The maximum Gasteiger partial charge on any atom is 0.107 e. The normalized spacial score (nSPS) is 11.6. The zero-order chi connectivity index (χ0) is 11.3. The first-order chi connectivity index (χ1) is 7.08. The molecule has 0 saturated heterocycles. The van der Waals surface area contributed by atoms with Gasteiger partial charge in [-0.3, -0.25) is 0 Å². The van der Waals surface area contributed by atoms with Crippen molar-refractivity contribution in [2.24, 2.45) is 0 Å². The van der Waals surface area contributed by atoms with Gasteiger partial charge in [0.25, 0.3) is 0 Å². The first-order valence-corrected chi connectivity index (χ1v) is 6.27. The van der Waals surface area contributed by atoms with E-state index in [0.717, 1.165) is 19.5 Å². The highest BCUT2D eigenvalue weighted by Gasteiger charge is 2.03. The Morgan fingerprint density at radius 3 is 2.80 bits per heavy atom. The highest BCUT2D eigenvalue weighted by Crippen LogP contribution is 2.11. The van der Waals surface area contributed by atoms with Crippen LogP contribution in [-0.4, -0.2) is 36.6 Å². The van der Waals surface area contributed by atoms with Gasteiger partial charge >= 0.3 is 0 Å². The predicted molar refractivity (Wildman–Crippen MR) is 66.3 cm³/mol. The van der Waals surface area contributed by atoms with Gasteiger partial charge in [0.15, 0.2) is 0 Å². The minimum Gasteiger partial charge on any atom is -0.314 e. The number of nitrogens with zero attached hydrogens (tertiary/aromatic N) is 2. The first kappa shape index (κ1) is 12.6. The molecular weight excluding hydrogens is 206 g/mol. The van der Waals surface area contributed by atoms with Crippen molar-refractivity contribution >= 4 is 11.3 Å². The summed E-state index contributed by atoms with van der Waals surface area (Å²) in [5.74, 6) is 0. The van der Waals surface area contributed by atoms with E-state index in [4.69, 9.17) is 0 Å². The standard InChI is InChI=1S/C11H21N3S/c1-9(2)12-6-5-10-8-15-11(13-10)7-14(3)4/h8-9,12H,5-7H2,1-4H3. The summed E-state index contributed by atoms with van der Waals surface area (Å²) in [6, 6.07) is 0.560. The number of hydrogen-bond acceptors (Lipinski definition) is 4. The third-order valence-corrected chi connectivity index (χ3v) is 2.87. The fraction of sp³-hybridized carbons (Fsp3) is 0.727. The van der Waals surface area contributed by atoms with Crippen LogP contribution in [0.2, 0.25) is 0 Å². The molecule has 1 rings (SSSR count). The Bertz CT molecular complexity index is 281. The van der Waals surface area contributed by atoms with E-state index in [1.165, 1.54) is 10.7 Å². The third kappa shape index (κ3) is 5.25. The molecule has 0 fully saturated rings. The fourth-order valence-electron chi connectivity index (χ4n) is 1.30. The zero-order valence-electron chi connectivity index (χ0n) is 10.1. The van der Waals surface area contributed by atoms with Gasteiger partial charge in [0.1, 0.15) is 5.01 Å². The summed E-state index contributed by atoms with van der Waals surface area (Å²) in [6.45, 7) is 6.29. The van der Waals surface area contributed by atoms with Crippen LogP contribution in [0.25, 0.3) is 0 Å². The summed E-state index contributed by atoms with van der Waals surface area (Å²) >= 11 is 1.76. The summed E-state index contributed by atoms with van der Waals surface area (Å²) in [4.78, 5) is 6.73. The van der Waals surface area contributed by atoms with E-state index in [-0.39, 0.29) is 0 Å². The van der Waals surface area contributed by atoms with Crippen molar-refractivity contribution in [1.29, 1.82) is 0 Å². The lowest BCUT2D eigenvalue weighted by Crippen LogP contribution is -2.25. The Morgan fingerprint density at radius 2 is 2.20 bits per heavy atom. The van der Waals surface area contributed by atoms with Crippen molar-refractivity contribution in [3.8, 4) is 0 Å². The van der Waals surface area contributed by atoms with E-state index >= 15 is 0 Å². The van der Waals surface area contributed by atoms with Gasteiger partial charge in [0.2, 0.25) is 0 Å². The smallest absolute Gasteiger partial charge is 0.107 e. The number of hydrogen-bond donors (Lipinski definition) is 1. The quantitative estimate of drug-likeness (QED) is 0.802. The van der Waals surface area contributed by atoms with Gasteiger partial charge < -0.3 is 10.2 Å². The molecule has 1 heterocycles. The third-order valence-electron chi connectivity index (χ3n) is 1.98. The predicted octanol–water partition coefficient (Wildman–Crippen LogP) is 1.75. The summed E-state index contributed by atoms with van der Waals surface area (Å²) in [5, 5.41) is 6.77. The molecule has 0 aliphatic heterocycles. The summed E-state index contributed by atoms with van der Waals surface area (Å²) in [6.07, 6.45) is 1.03. The van der Waals surface area contributed by atoms with Gasteiger partial charge in [0, 0.05) is 30.9 Å². The topological polar surface area (TPSA) is 28.2 Å². The van der Waals surface area contributed by atoms with E-state index in [1.807, 2.05) is 0 Å². The monoisotopic (exact) mass is 227 g/mol. The van der Waals surface area contributed by atoms with Crippen LogP contribution in [0.4, 0.5) is 0 Å². The van der Waals surface area contributed by atoms with E-state index in [0.29, 0.717) is 6.04 Å². The molecule has 4 heteroatoms. The maximum atomic E-state index is 4.58. The molecule has 0 saturated carbocycles. The van der Waals surface area contributed by atoms with Gasteiger partial charge in [-0.1, -0.05) is 13.8 Å². The first-order valence-electron chi connectivity index (χ1n) is 5.39. The lowest BCUT2D eigenvalue weighted by Gasteiger charge is -2.06. The minimum absolute atomic E-state index is 0.560. The lowest BCUT2D eigenvalue weighted by atomic mass is 10.3. The Balaban J connectivity index is 2.33. The molecule has 1 aromatic heterocycles. The molecule has 1 N–H and O–H groups in total. The molecule has 3 nitrogen and oxygen atoms in total. The molecule has 0 bridgehead atoms. The van der Waals surface area contributed by atoms with Gasteiger partial charge in [-0.2, -0.15) is 0 Å². The number of thiazole rings is 1. The number of rotatable bonds is 6. The zero-order valence-corrected chi connectivity index (χ0v) is 10.9. The van der Waals surface area contributed by atoms with Crippen LogP contribution in [0, 0.1) is 0 Å². The molecule has 1 aromatic rings. The average Bonchev–Trinajstić information content (AvgIpc) is 2.50. The summed E-state index contributed by atoms with van der Waals surface area (Å²) in [5.41, 5.74) is 1.21. The van der Waals surface area contributed by atoms with E-state index in [2.05, 4.69) is 48.5 Å². The van der Waals surface area contributed by atoms with Crippen LogP contribution in [-0.2, 0) is 13.0 Å². The van der Waals surface area contributed by atoms with Crippen LogP contribution >= 0.6 is 11.3 Å². The highest BCUT2D eigenvalue weighted by atomic mass is 32.1. The molecule has 0 aromatic carbocycles. The van der Waals surface area contributed by atoms with Gasteiger partial charge in [0.05, 0.1) is 5.69 Å². The molecule has 0 amide bonds. The van der Waals surface area contributed by atoms with E-state index in [9.17, 15) is 0 Å². The van der Waals surface area contributed by atoms with Crippen LogP contribution in [0.1, 0.15) is 24.5 Å². The van der Waals surface area contributed by atoms with Crippen molar-refractivity contribution in [3.05, 3.63) is 16.1 Å². The Labute approximate surface area is 96.5 Å². The van der Waals surface area contributed by atoms with Crippen LogP contribution in [0.3, 0.4) is 0 Å². The Kier molecular flexibility index (Phi) is 5.22. The molecule has 15 heavy (non-hydrogen) atoms. The second kappa shape index (κ2) is 6.20. The number of aromatic nitrogens is 1. The largest absolute Gasteiger partial charge is 0.314 e.